The number of nitrogen functional groups attached to an aromatic ring is 1. The third kappa shape index (κ3) is 5.19. The zero-order valence-corrected chi connectivity index (χ0v) is 12.6. The Morgan fingerprint density at radius 1 is 1.41 bits per heavy atom. The van der Waals surface area contributed by atoms with Gasteiger partial charge in [0.1, 0.15) is 0 Å². The van der Waals surface area contributed by atoms with Crippen LogP contribution in [-0.2, 0) is 25.3 Å². The Labute approximate surface area is 125 Å². The first-order valence-corrected chi connectivity index (χ1v) is 7.91. The number of halogens is 3. The van der Waals surface area contributed by atoms with E-state index < -0.39 is 39.6 Å². The lowest BCUT2D eigenvalue weighted by Crippen LogP contribution is -2.31. The Morgan fingerprint density at radius 3 is 2.45 bits per heavy atom. The van der Waals surface area contributed by atoms with Crippen LogP contribution >= 0.6 is 0 Å². The van der Waals surface area contributed by atoms with Crippen LogP contribution in [0.15, 0.2) is 18.2 Å². The molecule has 1 rings (SSSR count). The fourth-order valence-electron chi connectivity index (χ4n) is 1.61. The highest BCUT2D eigenvalue weighted by Gasteiger charge is 2.33. The molecule has 0 bridgehead atoms. The number of nitrogens with two attached hydrogens (primary N) is 1. The van der Waals surface area contributed by atoms with E-state index in [0.717, 1.165) is 12.3 Å². The van der Waals surface area contributed by atoms with E-state index in [0.29, 0.717) is 6.07 Å². The van der Waals surface area contributed by atoms with Gasteiger partial charge >= 0.3 is 6.18 Å². The maximum atomic E-state index is 12.7. The Hall–Kier alpha value is -1.81. The van der Waals surface area contributed by atoms with Crippen molar-refractivity contribution in [3.8, 4) is 0 Å². The van der Waals surface area contributed by atoms with Gasteiger partial charge < -0.3 is 11.1 Å². The summed E-state index contributed by atoms with van der Waals surface area (Å²) in [6.07, 6.45) is -5.20. The van der Waals surface area contributed by atoms with Crippen molar-refractivity contribution in [1.82, 2.24) is 0 Å². The standard InChI is InChI=1S/C12H15F3N2O4S/c1-3-10(21-22(2,19)20)11(18)17-7-4-5-9(16)8(6-7)12(13,14)15/h4-6,10H,3,16H2,1-2H3,(H,17,18)/t10-/m1/s1. The predicted molar refractivity (Wildman–Crippen MR) is 74.5 cm³/mol. The van der Waals surface area contributed by atoms with E-state index in [-0.39, 0.29) is 12.1 Å². The normalized spacial score (nSPS) is 13.7. The van der Waals surface area contributed by atoms with Gasteiger partial charge in [0.25, 0.3) is 16.0 Å². The second-order valence-electron chi connectivity index (χ2n) is 4.49. The first kappa shape index (κ1) is 18.2. The quantitative estimate of drug-likeness (QED) is 0.631. The van der Waals surface area contributed by atoms with Crippen molar-refractivity contribution in [3.63, 3.8) is 0 Å². The molecule has 22 heavy (non-hydrogen) atoms. The van der Waals surface area contributed by atoms with Gasteiger partial charge in [-0.15, -0.1) is 0 Å². The van der Waals surface area contributed by atoms with Crippen LogP contribution in [0.1, 0.15) is 18.9 Å². The minimum absolute atomic E-state index is 0.0278. The average Bonchev–Trinajstić information content (AvgIpc) is 2.35. The molecule has 0 heterocycles. The van der Waals surface area contributed by atoms with E-state index in [1.54, 1.807) is 0 Å². The molecule has 6 nitrogen and oxygen atoms in total. The molecule has 0 aliphatic rings. The predicted octanol–water partition coefficient (Wildman–Crippen LogP) is 1.98. The summed E-state index contributed by atoms with van der Waals surface area (Å²) >= 11 is 0. The van der Waals surface area contributed by atoms with Crippen LogP contribution in [0.4, 0.5) is 24.5 Å². The molecule has 10 heteroatoms. The van der Waals surface area contributed by atoms with Crippen LogP contribution in [0.3, 0.4) is 0 Å². The minimum atomic E-state index is -4.67. The van der Waals surface area contributed by atoms with Crippen molar-refractivity contribution >= 4 is 27.4 Å². The fraction of sp³-hybridized carbons (Fsp3) is 0.417. The summed E-state index contributed by atoms with van der Waals surface area (Å²) in [6, 6.07) is 2.84. The largest absolute Gasteiger partial charge is 0.418 e. The van der Waals surface area contributed by atoms with Gasteiger partial charge in [0, 0.05) is 11.4 Å². The van der Waals surface area contributed by atoms with Gasteiger partial charge in [0.05, 0.1) is 11.8 Å². The third-order valence-corrected chi connectivity index (χ3v) is 3.16. The molecule has 1 aromatic carbocycles. The van der Waals surface area contributed by atoms with Crippen molar-refractivity contribution in [3.05, 3.63) is 23.8 Å². The highest BCUT2D eigenvalue weighted by molar-refractivity contribution is 7.86. The van der Waals surface area contributed by atoms with Crippen molar-refractivity contribution in [2.24, 2.45) is 0 Å². The van der Waals surface area contributed by atoms with E-state index in [1.807, 2.05) is 0 Å². The Bertz CT molecular complexity index is 659. The maximum absolute atomic E-state index is 12.7. The number of rotatable bonds is 5. The molecule has 1 atom stereocenters. The van der Waals surface area contributed by atoms with Gasteiger partial charge in [0.15, 0.2) is 6.10 Å². The van der Waals surface area contributed by atoms with Gasteiger partial charge in [-0.2, -0.15) is 21.6 Å². The summed E-state index contributed by atoms with van der Waals surface area (Å²) < 4.78 is 64.7. The molecule has 1 amide bonds. The second-order valence-corrected chi connectivity index (χ2v) is 6.09. The third-order valence-electron chi connectivity index (χ3n) is 2.58. The minimum Gasteiger partial charge on any atom is -0.398 e. The molecule has 0 aliphatic carbocycles. The van der Waals surface area contributed by atoms with Crippen LogP contribution < -0.4 is 11.1 Å². The number of alkyl halides is 3. The monoisotopic (exact) mass is 340 g/mol. The molecule has 0 unspecified atom stereocenters. The average molecular weight is 340 g/mol. The number of hydrogen-bond donors (Lipinski definition) is 2. The first-order chi connectivity index (χ1) is 9.94. The lowest BCUT2D eigenvalue weighted by atomic mass is 10.1. The molecule has 0 radical (unpaired) electrons. The highest BCUT2D eigenvalue weighted by Crippen LogP contribution is 2.35. The SMILES string of the molecule is CC[C@@H](OS(C)(=O)=O)C(=O)Nc1ccc(N)c(C(F)(F)F)c1. The molecule has 0 spiro atoms. The van der Waals surface area contributed by atoms with Crippen LogP contribution in [0.2, 0.25) is 0 Å². The van der Waals surface area contributed by atoms with Crippen molar-refractivity contribution < 1.29 is 30.6 Å². The summed E-state index contributed by atoms with van der Waals surface area (Å²) in [5.41, 5.74) is 3.50. The Kier molecular flexibility index (Phi) is 5.41. The molecular formula is C12H15F3N2O4S. The summed E-state index contributed by atoms with van der Waals surface area (Å²) in [5, 5.41) is 2.17. The van der Waals surface area contributed by atoms with Gasteiger partial charge in [-0.3, -0.25) is 8.98 Å². The smallest absolute Gasteiger partial charge is 0.398 e. The number of anilines is 2. The molecule has 0 fully saturated rings. The number of carbonyl (C=O) groups is 1. The molecule has 124 valence electrons. The van der Waals surface area contributed by atoms with Gasteiger partial charge in [-0.05, 0) is 24.6 Å². The topological polar surface area (TPSA) is 98.5 Å². The van der Waals surface area contributed by atoms with Crippen molar-refractivity contribution in [1.29, 1.82) is 0 Å². The maximum Gasteiger partial charge on any atom is 0.418 e. The summed E-state index contributed by atoms with van der Waals surface area (Å²) in [4.78, 5) is 11.9. The summed E-state index contributed by atoms with van der Waals surface area (Å²) in [6.45, 7) is 1.50. The Morgan fingerprint density at radius 2 is 2.00 bits per heavy atom. The number of benzene rings is 1. The molecule has 3 N–H and O–H groups in total. The van der Waals surface area contributed by atoms with Crippen LogP contribution in [0.5, 0.6) is 0 Å². The van der Waals surface area contributed by atoms with E-state index in [2.05, 4.69) is 9.50 Å². The lowest BCUT2D eigenvalue weighted by molar-refractivity contribution is -0.137. The fourth-order valence-corrected chi connectivity index (χ4v) is 2.26. The molecule has 0 aliphatic heterocycles. The summed E-state index contributed by atoms with van der Waals surface area (Å²) in [7, 11) is -3.87. The van der Waals surface area contributed by atoms with Gasteiger partial charge in [-0.1, -0.05) is 6.92 Å². The van der Waals surface area contributed by atoms with Crippen molar-refractivity contribution in [2.45, 2.75) is 25.6 Å². The highest BCUT2D eigenvalue weighted by atomic mass is 32.2. The number of amides is 1. The van der Waals surface area contributed by atoms with Crippen molar-refractivity contribution in [2.75, 3.05) is 17.3 Å². The van der Waals surface area contributed by atoms with Gasteiger partial charge in [0.2, 0.25) is 0 Å². The summed E-state index contributed by atoms with van der Waals surface area (Å²) in [5.74, 6) is -0.870. The zero-order valence-electron chi connectivity index (χ0n) is 11.8. The lowest BCUT2D eigenvalue weighted by Gasteiger charge is -2.16. The van der Waals surface area contributed by atoms with Crippen LogP contribution in [0.25, 0.3) is 0 Å². The molecule has 1 aromatic rings. The zero-order chi connectivity index (χ0) is 17.1. The van der Waals surface area contributed by atoms with Crippen LogP contribution in [-0.4, -0.2) is 26.7 Å². The molecule has 0 aromatic heterocycles. The van der Waals surface area contributed by atoms with E-state index in [4.69, 9.17) is 5.73 Å². The van der Waals surface area contributed by atoms with E-state index in [1.165, 1.54) is 13.0 Å². The molecule has 0 saturated heterocycles. The molecular weight excluding hydrogens is 325 g/mol. The van der Waals surface area contributed by atoms with E-state index >= 15 is 0 Å². The van der Waals surface area contributed by atoms with Crippen LogP contribution in [0, 0.1) is 0 Å². The number of carbonyl (C=O) groups excluding carboxylic acids is 1. The second kappa shape index (κ2) is 6.53. The number of hydrogen-bond acceptors (Lipinski definition) is 5. The number of nitrogens with one attached hydrogen (secondary N) is 1. The Balaban J connectivity index is 2.97. The van der Waals surface area contributed by atoms with E-state index in [9.17, 15) is 26.4 Å². The first-order valence-electron chi connectivity index (χ1n) is 6.10. The molecule has 0 saturated carbocycles. The van der Waals surface area contributed by atoms with Gasteiger partial charge in [-0.25, -0.2) is 0 Å².